The van der Waals surface area contributed by atoms with Crippen molar-refractivity contribution in [3.05, 3.63) is 53.3 Å². The van der Waals surface area contributed by atoms with Crippen LogP contribution in [0.1, 0.15) is 6.42 Å². The van der Waals surface area contributed by atoms with Gasteiger partial charge in [0.15, 0.2) is 5.82 Å². The second-order valence-electron chi connectivity index (χ2n) is 6.73. The van der Waals surface area contributed by atoms with Gasteiger partial charge in [0, 0.05) is 42.0 Å². The van der Waals surface area contributed by atoms with Crippen molar-refractivity contribution in [3.63, 3.8) is 0 Å². The number of nitrogens with one attached hydrogen (secondary N) is 1. The molecule has 2 heterocycles. The van der Waals surface area contributed by atoms with Gasteiger partial charge in [-0.3, -0.25) is 4.79 Å². The Morgan fingerprint density at radius 3 is 2.66 bits per heavy atom. The molecule has 1 aliphatic heterocycles. The van der Waals surface area contributed by atoms with Crippen molar-refractivity contribution in [2.45, 2.75) is 6.42 Å². The molecule has 29 heavy (non-hydrogen) atoms. The number of hydrogen-bond donors (Lipinski definition) is 1. The van der Waals surface area contributed by atoms with E-state index < -0.39 is 0 Å². The van der Waals surface area contributed by atoms with Gasteiger partial charge in [0.05, 0.1) is 18.7 Å². The molecule has 3 aromatic rings. The highest BCUT2D eigenvalue weighted by Gasteiger charge is 2.17. The molecule has 0 atom stereocenters. The molecule has 150 valence electrons. The monoisotopic (exact) mass is 414 g/mol. The van der Waals surface area contributed by atoms with E-state index in [4.69, 9.17) is 16.3 Å². The van der Waals surface area contributed by atoms with Crippen molar-refractivity contribution in [1.82, 2.24) is 14.9 Å². The number of rotatable bonds is 5. The topological polar surface area (TPSA) is 67.4 Å². The number of carbonyl (C=O) groups is 1. The van der Waals surface area contributed by atoms with Crippen molar-refractivity contribution in [2.75, 3.05) is 38.2 Å². The number of anilines is 1. The standard InChI is InChI=1S/C21H20ClFN4O2/c22-15-3-6-17-18(13-15)25-20(14-1-4-16(23)5-2-14)26-21(17)24-8-7-19(28)27-9-11-29-12-10-27/h1-6,13H,7-12H2,(H,24,25,26). The molecule has 0 bridgehead atoms. The number of amides is 1. The van der Waals surface area contributed by atoms with Crippen LogP contribution < -0.4 is 5.32 Å². The van der Waals surface area contributed by atoms with Gasteiger partial charge in [-0.1, -0.05) is 11.6 Å². The zero-order valence-electron chi connectivity index (χ0n) is 15.7. The molecule has 0 unspecified atom stereocenters. The minimum absolute atomic E-state index is 0.0842. The third kappa shape index (κ3) is 4.63. The van der Waals surface area contributed by atoms with E-state index in [-0.39, 0.29) is 11.7 Å². The molecule has 8 heteroatoms. The molecule has 1 aromatic heterocycles. The van der Waals surface area contributed by atoms with E-state index in [1.807, 2.05) is 11.0 Å². The number of nitrogens with zero attached hydrogens (tertiary/aromatic N) is 3. The summed E-state index contributed by atoms with van der Waals surface area (Å²) in [5.74, 6) is 0.834. The normalized spacial score (nSPS) is 14.2. The van der Waals surface area contributed by atoms with Crippen LogP contribution in [-0.4, -0.2) is 53.6 Å². The Bertz CT molecular complexity index is 1020. The van der Waals surface area contributed by atoms with Crippen LogP contribution in [0.3, 0.4) is 0 Å². The van der Waals surface area contributed by atoms with Crippen LogP contribution in [-0.2, 0) is 9.53 Å². The molecule has 1 saturated heterocycles. The van der Waals surface area contributed by atoms with Crippen LogP contribution in [0.15, 0.2) is 42.5 Å². The third-order valence-corrected chi connectivity index (χ3v) is 4.99. The summed E-state index contributed by atoms with van der Waals surface area (Å²) in [7, 11) is 0. The molecule has 0 spiro atoms. The first-order valence-electron chi connectivity index (χ1n) is 9.43. The molecule has 1 fully saturated rings. The predicted molar refractivity (Wildman–Crippen MR) is 110 cm³/mol. The van der Waals surface area contributed by atoms with Crippen molar-refractivity contribution in [1.29, 1.82) is 0 Å². The second-order valence-corrected chi connectivity index (χ2v) is 7.17. The minimum atomic E-state index is -0.322. The summed E-state index contributed by atoms with van der Waals surface area (Å²) in [4.78, 5) is 23.3. The molecule has 0 radical (unpaired) electrons. The molecule has 1 aliphatic rings. The molecule has 0 aliphatic carbocycles. The van der Waals surface area contributed by atoms with Gasteiger partial charge in [-0.25, -0.2) is 14.4 Å². The number of fused-ring (bicyclic) bond motifs is 1. The lowest BCUT2D eigenvalue weighted by Crippen LogP contribution is -2.41. The van der Waals surface area contributed by atoms with E-state index in [1.54, 1.807) is 24.3 Å². The van der Waals surface area contributed by atoms with Crippen LogP contribution in [0.5, 0.6) is 0 Å². The Kier molecular flexibility index (Phi) is 5.87. The fourth-order valence-electron chi connectivity index (χ4n) is 3.22. The van der Waals surface area contributed by atoms with Crippen molar-refractivity contribution < 1.29 is 13.9 Å². The minimum Gasteiger partial charge on any atom is -0.378 e. The lowest BCUT2D eigenvalue weighted by molar-refractivity contribution is -0.134. The number of hydrogen-bond acceptors (Lipinski definition) is 5. The number of carbonyl (C=O) groups excluding carboxylic acids is 1. The van der Waals surface area contributed by atoms with Gasteiger partial charge in [0.1, 0.15) is 11.6 Å². The molecule has 4 rings (SSSR count). The summed E-state index contributed by atoms with van der Waals surface area (Å²) in [6.07, 6.45) is 0.352. The lowest BCUT2D eigenvalue weighted by atomic mass is 10.1. The van der Waals surface area contributed by atoms with E-state index in [0.29, 0.717) is 67.0 Å². The highest BCUT2D eigenvalue weighted by atomic mass is 35.5. The van der Waals surface area contributed by atoms with Gasteiger partial charge in [-0.2, -0.15) is 0 Å². The molecule has 1 N–H and O–H groups in total. The van der Waals surface area contributed by atoms with Crippen LogP contribution in [0.25, 0.3) is 22.3 Å². The first-order chi connectivity index (χ1) is 14.1. The molecule has 1 amide bonds. The van der Waals surface area contributed by atoms with Crippen LogP contribution >= 0.6 is 11.6 Å². The summed E-state index contributed by atoms with van der Waals surface area (Å²) in [5.41, 5.74) is 1.37. The number of aromatic nitrogens is 2. The fourth-order valence-corrected chi connectivity index (χ4v) is 3.39. The maximum absolute atomic E-state index is 13.3. The predicted octanol–water partition coefficient (Wildman–Crippen LogP) is 3.75. The molecule has 6 nitrogen and oxygen atoms in total. The Labute approximate surface area is 172 Å². The fraction of sp³-hybridized carbons (Fsp3) is 0.286. The highest BCUT2D eigenvalue weighted by molar-refractivity contribution is 6.31. The van der Waals surface area contributed by atoms with Crippen LogP contribution in [0.2, 0.25) is 5.02 Å². The van der Waals surface area contributed by atoms with Gasteiger partial charge in [0.2, 0.25) is 5.91 Å². The Morgan fingerprint density at radius 1 is 1.14 bits per heavy atom. The van der Waals surface area contributed by atoms with E-state index in [0.717, 1.165) is 5.39 Å². The SMILES string of the molecule is O=C(CCNc1nc(-c2ccc(F)cc2)nc2cc(Cl)ccc12)N1CCOCC1. The van der Waals surface area contributed by atoms with Gasteiger partial charge in [0.25, 0.3) is 0 Å². The van der Waals surface area contributed by atoms with Gasteiger partial charge in [-0.15, -0.1) is 0 Å². The first kappa shape index (κ1) is 19.5. The Hall–Kier alpha value is -2.77. The van der Waals surface area contributed by atoms with Crippen LogP contribution in [0, 0.1) is 5.82 Å². The molecular weight excluding hydrogens is 395 g/mol. The number of benzene rings is 2. The summed E-state index contributed by atoms with van der Waals surface area (Å²) in [6, 6.07) is 11.4. The van der Waals surface area contributed by atoms with Crippen molar-refractivity contribution >= 4 is 34.2 Å². The number of halogens is 2. The van der Waals surface area contributed by atoms with Crippen LogP contribution in [0.4, 0.5) is 10.2 Å². The van der Waals surface area contributed by atoms with E-state index >= 15 is 0 Å². The smallest absolute Gasteiger partial charge is 0.224 e. The maximum atomic E-state index is 13.3. The number of ether oxygens (including phenoxy) is 1. The van der Waals surface area contributed by atoms with Gasteiger partial charge in [-0.05, 0) is 42.5 Å². The average molecular weight is 415 g/mol. The quantitative estimate of drug-likeness (QED) is 0.688. The van der Waals surface area contributed by atoms with E-state index in [9.17, 15) is 9.18 Å². The van der Waals surface area contributed by atoms with Gasteiger partial charge < -0.3 is 15.0 Å². The zero-order chi connectivity index (χ0) is 20.2. The Morgan fingerprint density at radius 2 is 1.90 bits per heavy atom. The van der Waals surface area contributed by atoms with Gasteiger partial charge >= 0.3 is 0 Å². The molecule has 0 saturated carbocycles. The maximum Gasteiger partial charge on any atom is 0.224 e. The van der Waals surface area contributed by atoms with Crippen molar-refractivity contribution in [2.24, 2.45) is 0 Å². The number of morpholine rings is 1. The summed E-state index contributed by atoms with van der Waals surface area (Å²) < 4.78 is 18.6. The first-order valence-corrected chi connectivity index (χ1v) is 9.80. The van der Waals surface area contributed by atoms with E-state index in [2.05, 4.69) is 15.3 Å². The molecule has 2 aromatic carbocycles. The summed E-state index contributed by atoms with van der Waals surface area (Å²) in [6.45, 7) is 2.85. The van der Waals surface area contributed by atoms with E-state index in [1.165, 1.54) is 12.1 Å². The summed E-state index contributed by atoms with van der Waals surface area (Å²) in [5, 5.41) is 4.62. The average Bonchev–Trinajstić information content (AvgIpc) is 2.74. The largest absolute Gasteiger partial charge is 0.378 e. The molecular formula is C21H20ClFN4O2. The van der Waals surface area contributed by atoms with Crippen molar-refractivity contribution in [3.8, 4) is 11.4 Å². The third-order valence-electron chi connectivity index (χ3n) is 4.76. The summed E-state index contributed by atoms with van der Waals surface area (Å²) >= 11 is 6.13. The Balaban J connectivity index is 1.56. The zero-order valence-corrected chi connectivity index (χ0v) is 16.5. The lowest BCUT2D eigenvalue weighted by Gasteiger charge is -2.26. The highest BCUT2D eigenvalue weighted by Crippen LogP contribution is 2.27. The second kappa shape index (κ2) is 8.71.